The summed E-state index contributed by atoms with van der Waals surface area (Å²) in [5.41, 5.74) is 0.228. The summed E-state index contributed by atoms with van der Waals surface area (Å²) >= 11 is 0. The summed E-state index contributed by atoms with van der Waals surface area (Å²) in [6.07, 6.45) is 6.77. The SMILES string of the molecule is CC(C)(CN1CCOCC1)NC(=O)c1ccc(-n2ccnc2)nc1. The van der Waals surface area contributed by atoms with Gasteiger partial charge in [0.05, 0.1) is 18.8 Å². The zero-order valence-corrected chi connectivity index (χ0v) is 14.1. The minimum absolute atomic E-state index is 0.113. The Balaban J connectivity index is 1.61. The fourth-order valence-electron chi connectivity index (χ4n) is 2.81. The molecule has 1 fully saturated rings. The molecule has 0 atom stereocenters. The van der Waals surface area contributed by atoms with Gasteiger partial charge < -0.3 is 10.1 Å². The number of nitrogens with zero attached hydrogens (tertiary/aromatic N) is 4. The molecule has 7 nitrogen and oxygen atoms in total. The number of amides is 1. The van der Waals surface area contributed by atoms with Crippen LogP contribution in [0.25, 0.3) is 5.82 Å². The van der Waals surface area contributed by atoms with E-state index in [0.717, 1.165) is 38.7 Å². The molecule has 2 aromatic rings. The Labute approximate surface area is 141 Å². The van der Waals surface area contributed by atoms with Gasteiger partial charge in [0.25, 0.3) is 5.91 Å². The lowest BCUT2D eigenvalue weighted by Gasteiger charge is -2.35. The highest BCUT2D eigenvalue weighted by atomic mass is 16.5. The molecule has 1 aliphatic heterocycles. The van der Waals surface area contributed by atoms with Crippen LogP contribution >= 0.6 is 0 Å². The number of pyridine rings is 1. The van der Waals surface area contributed by atoms with Crippen molar-refractivity contribution in [1.82, 2.24) is 24.8 Å². The summed E-state index contributed by atoms with van der Waals surface area (Å²) in [6, 6.07) is 3.59. The number of ether oxygens (including phenoxy) is 1. The number of morpholine rings is 1. The first-order valence-corrected chi connectivity index (χ1v) is 8.10. The molecule has 0 radical (unpaired) electrons. The van der Waals surface area contributed by atoms with Gasteiger partial charge in [-0.3, -0.25) is 14.3 Å². The summed E-state index contributed by atoms with van der Waals surface area (Å²) in [5, 5.41) is 3.09. The van der Waals surface area contributed by atoms with Gasteiger partial charge in [-0.2, -0.15) is 0 Å². The second kappa shape index (κ2) is 7.11. The highest BCUT2D eigenvalue weighted by Crippen LogP contribution is 2.11. The summed E-state index contributed by atoms with van der Waals surface area (Å²) in [4.78, 5) is 23.1. The van der Waals surface area contributed by atoms with E-state index in [2.05, 4.69) is 20.2 Å². The Morgan fingerprint density at radius 3 is 2.75 bits per heavy atom. The summed E-state index contributed by atoms with van der Waals surface area (Å²) < 4.78 is 7.16. The molecular weight excluding hydrogens is 306 g/mol. The molecule has 0 saturated carbocycles. The normalized spacial score (nSPS) is 16.1. The van der Waals surface area contributed by atoms with Gasteiger partial charge in [0.15, 0.2) is 0 Å². The van der Waals surface area contributed by atoms with Gasteiger partial charge in [-0.25, -0.2) is 9.97 Å². The number of nitrogens with one attached hydrogen (secondary N) is 1. The van der Waals surface area contributed by atoms with Gasteiger partial charge in [-0.05, 0) is 26.0 Å². The largest absolute Gasteiger partial charge is 0.379 e. The van der Waals surface area contributed by atoms with Gasteiger partial charge in [0.1, 0.15) is 12.1 Å². The number of hydrogen-bond acceptors (Lipinski definition) is 5. The zero-order chi connectivity index (χ0) is 17.0. The molecule has 0 aliphatic carbocycles. The van der Waals surface area contributed by atoms with Crippen molar-refractivity contribution >= 4 is 5.91 Å². The van der Waals surface area contributed by atoms with Crippen molar-refractivity contribution in [1.29, 1.82) is 0 Å². The quantitative estimate of drug-likeness (QED) is 0.890. The highest BCUT2D eigenvalue weighted by molar-refractivity contribution is 5.94. The van der Waals surface area contributed by atoms with E-state index in [9.17, 15) is 4.79 Å². The van der Waals surface area contributed by atoms with Crippen LogP contribution in [0.3, 0.4) is 0 Å². The van der Waals surface area contributed by atoms with E-state index in [1.54, 1.807) is 29.4 Å². The van der Waals surface area contributed by atoms with E-state index in [1.807, 2.05) is 26.1 Å². The molecule has 1 amide bonds. The van der Waals surface area contributed by atoms with Crippen molar-refractivity contribution in [3.63, 3.8) is 0 Å². The third kappa shape index (κ3) is 4.18. The summed E-state index contributed by atoms with van der Waals surface area (Å²) in [7, 11) is 0. The minimum Gasteiger partial charge on any atom is -0.379 e. The Morgan fingerprint density at radius 2 is 2.12 bits per heavy atom. The first kappa shape index (κ1) is 16.6. The minimum atomic E-state index is -0.322. The van der Waals surface area contributed by atoms with Crippen LogP contribution in [-0.2, 0) is 4.74 Å². The maximum Gasteiger partial charge on any atom is 0.253 e. The smallest absolute Gasteiger partial charge is 0.253 e. The fourth-order valence-corrected chi connectivity index (χ4v) is 2.81. The average Bonchev–Trinajstić information content (AvgIpc) is 3.09. The predicted octanol–water partition coefficient (Wildman–Crippen LogP) is 1.11. The molecule has 1 aliphatic rings. The average molecular weight is 329 g/mol. The molecule has 7 heteroatoms. The van der Waals surface area contributed by atoms with Crippen molar-refractivity contribution < 1.29 is 9.53 Å². The topological polar surface area (TPSA) is 72.3 Å². The van der Waals surface area contributed by atoms with E-state index in [-0.39, 0.29) is 11.4 Å². The van der Waals surface area contributed by atoms with E-state index in [4.69, 9.17) is 4.74 Å². The number of rotatable bonds is 5. The number of carbonyl (C=O) groups excluding carboxylic acids is 1. The van der Waals surface area contributed by atoms with E-state index in [1.165, 1.54) is 0 Å². The lowest BCUT2D eigenvalue weighted by atomic mass is 10.0. The lowest BCUT2D eigenvalue weighted by Crippen LogP contribution is -2.53. The first-order chi connectivity index (χ1) is 11.5. The van der Waals surface area contributed by atoms with Gasteiger partial charge >= 0.3 is 0 Å². The maximum absolute atomic E-state index is 12.5. The van der Waals surface area contributed by atoms with Crippen molar-refractivity contribution in [2.75, 3.05) is 32.8 Å². The molecule has 1 N–H and O–H groups in total. The zero-order valence-electron chi connectivity index (χ0n) is 14.1. The van der Waals surface area contributed by atoms with Crippen molar-refractivity contribution in [3.8, 4) is 5.82 Å². The van der Waals surface area contributed by atoms with E-state index < -0.39 is 0 Å². The van der Waals surface area contributed by atoms with Crippen LogP contribution in [0.2, 0.25) is 0 Å². The van der Waals surface area contributed by atoms with Crippen LogP contribution in [0, 0.1) is 0 Å². The Morgan fingerprint density at radius 1 is 1.33 bits per heavy atom. The summed E-state index contributed by atoms with van der Waals surface area (Å²) in [6.45, 7) is 8.18. The Kier molecular flexibility index (Phi) is 4.92. The molecule has 1 saturated heterocycles. The van der Waals surface area contributed by atoms with Crippen molar-refractivity contribution in [2.45, 2.75) is 19.4 Å². The molecule has 0 unspecified atom stereocenters. The van der Waals surface area contributed by atoms with E-state index >= 15 is 0 Å². The Bertz CT molecular complexity index is 661. The van der Waals surface area contributed by atoms with Crippen molar-refractivity contribution in [3.05, 3.63) is 42.6 Å². The molecule has 128 valence electrons. The standard InChI is InChI=1S/C17H23N5O2/c1-17(2,12-21-7-9-24-10-8-21)20-16(23)14-3-4-15(19-11-14)22-6-5-18-13-22/h3-6,11,13H,7-10,12H2,1-2H3,(H,20,23). The maximum atomic E-state index is 12.5. The van der Waals surface area contributed by atoms with Crippen LogP contribution in [0.1, 0.15) is 24.2 Å². The molecule has 0 spiro atoms. The number of hydrogen-bond donors (Lipinski definition) is 1. The molecule has 24 heavy (non-hydrogen) atoms. The van der Waals surface area contributed by atoms with Gasteiger partial charge in [0.2, 0.25) is 0 Å². The second-order valence-electron chi connectivity index (χ2n) is 6.60. The monoisotopic (exact) mass is 329 g/mol. The molecule has 0 bridgehead atoms. The van der Waals surface area contributed by atoms with Gasteiger partial charge in [-0.1, -0.05) is 0 Å². The number of aromatic nitrogens is 3. The lowest BCUT2D eigenvalue weighted by molar-refractivity contribution is 0.0269. The predicted molar refractivity (Wildman–Crippen MR) is 90.2 cm³/mol. The van der Waals surface area contributed by atoms with Crippen LogP contribution in [0.5, 0.6) is 0 Å². The third-order valence-electron chi connectivity index (χ3n) is 3.95. The van der Waals surface area contributed by atoms with Gasteiger partial charge in [0, 0.05) is 43.8 Å². The fraction of sp³-hybridized carbons (Fsp3) is 0.471. The first-order valence-electron chi connectivity index (χ1n) is 8.10. The molecule has 2 aromatic heterocycles. The van der Waals surface area contributed by atoms with Crippen LogP contribution in [-0.4, -0.2) is 63.7 Å². The molecular formula is C17H23N5O2. The Hall–Kier alpha value is -2.25. The third-order valence-corrected chi connectivity index (χ3v) is 3.95. The molecule has 3 rings (SSSR count). The molecule has 0 aromatic carbocycles. The van der Waals surface area contributed by atoms with Crippen LogP contribution in [0.15, 0.2) is 37.1 Å². The van der Waals surface area contributed by atoms with Gasteiger partial charge in [-0.15, -0.1) is 0 Å². The van der Waals surface area contributed by atoms with Crippen molar-refractivity contribution in [2.24, 2.45) is 0 Å². The van der Waals surface area contributed by atoms with E-state index in [0.29, 0.717) is 5.56 Å². The highest BCUT2D eigenvalue weighted by Gasteiger charge is 2.25. The second-order valence-corrected chi connectivity index (χ2v) is 6.60. The number of carbonyl (C=O) groups is 1. The van der Waals surface area contributed by atoms with Crippen LogP contribution < -0.4 is 5.32 Å². The summed E-state index contributed by atoms with van der Waals surface area (Å²) in [5.74, 6) is 0.620. The van der Waals surface area contributed by atoms with Crippen LogP contribution in [0.4, 0.5) is 0 Å². The number of imidazole rings is 1. The molecule has 3 heterocycles.